The van der Waals surface area contributed by atoms with E-state index in [1.165, 1.54) is 0 Å². The third-order valence-electron chi connectivity index (χ3n) is 2.41. The molecule has 0 amide bonds. The van der Waals surface area contributed by atoms with Crippen LogP contribution < -0.4 is 5.01 Å². The highest BCUT2D eigenvalue weighted by Crippen LogP contribution is 2.36. The first-order valence-electron chi connectivity index (χ1n) is 5.46. The number of benzene rings is 1. The number of halogens is 3. The Morgan fingerprint density at radius 2 is 1.85 bits per heavy atom. The quantitative estimate of drug-likeness (QED) is 0.615. The Morgan fingerprint density at radius 1 is 1.25 bits per heavy atom. The lowest BCUT2D eigenvalue weighted by atomic mass is 10.1. The van der Waals surface area contributed by atoms with E-state index < -0.39 is 33.1 Å². The van der Waals surface area contributed by atoms with Crippen LogP contribution in [0.4, 0.5) is 24.5 Å². The maximum atomic E-state index is 12.5. The van der Waals surface area contributed by atoms with Crippen molar-refractivity contribution in [1.29, 1.82) is 0 Å². The van der Waals surface area contributed by atoms with Crippen LogP contribution in [0.3, 0.4) is 0 Å². The van der Waals surface area contributed by atoms with E-state index in [0.717, 1.165) is 6.07 Å². The average molecular weight is 293 g/mol. The van der Waals surface area contributed by atoms with Gasteiger partial charge in [0, 0.05) is 6.07 Å². The number of hydrazine groups is 1. The predicted octanol–water partition coefficient (Wildman–Crippen LogP) is 3.02. The van der Waals surface area contributed by atoms with Gasteiger partial charge in [0.15, 0.2) is 10.7 Å². The van der Waals surface area contributed by atoms with Crippen LogP contribution in [0.25, 0.3) is 0 Å². The molecule has 110 valence electrons. The summed E-state index contributed by atoms with van der Waals surface area (Å²) in [4.78, 5) is 20.6. The minimum Gasteiger partial charge on any atom is -0.258 e. The van der Waals surface area contributed by atoms with E-state index in [-0.39, 0.29) is 6.54 Å². The van der Waals surface area contributed by atoms with Gasteiger partial charge < -0.3 is 0 Å². The van der Waals surface area contributed by atoms with E-state index >= 15 is 0 Å². The fraction of sp³-hybridized carbons (Fsp3) is 0.400. The van der Waals surface area contributed by atoms with Crippen LogP contribution in [0.15, 0.2) is 18.2 Å². The molecule has 0 atom stereocenters. The fourth-order valence-corrected chi connectivity index (χ4v) is 1.57. The van der Waals surface area contributed by atoms with E-state index in [4.69, 9.17) is 0 Å². The Hall–Kier alpha value is -2.39. The zero-order valence-corrected chi connectivity index (χ0v) is 10.3. The third-order valence-corrected chi connectivity index (χ3v) is 2.41. The lowest BCUT2D eigenvalue weighted by Gasteiger charge is -2.14. The monoisotopic (exact) mass is 293 g/mol. The summed E-state index contributed by atoms with van der Waals surface area (Å²) in [6, 6.07) is 1.61. The summed E-state index contributed by atoms with van der Waals surface area (Å²) in [5.41, 5.74) is -2.66. The molecule has 0 aromatic heterocycles. The summed E-state index contributed by atoms with van der Waals surface area (Å²) in [5.74, 6) is 0. The van der Waals surface area contributed by atoms with Crippen LogP contribution in [0.5, 0.6) is 0 Å². The van der Waals surface area contributed by atoms with E-state index in [2.05, 4.69) is 0 Å². The van der Waals surface area contributed by atoms with Crippen LogP contribution in [-0.4, -0.2) is 16.5 Å². The molecule has 0 aliphatic carbocycles. The molecule has 1 aromatic rings. The summed E-state index contributed by atoms with van der Waals surface area (Å²) in [6.45, 7) is 1.45. The van der Waals surface area contributed by atoms with Gasteiger partial charge >= 0.3 is 6.18 Å². The second-order valence-corrected chi connectivity index (χ2v) is 3.82. The number of anilines is 1. The molecule has 0 fully saturated rings. The first-order valence-corrected chi connectivity index (χ1v) is 5.46. The van der Waals surface area contributed by atoms with Gasteiger partial charge in [0.25, 0.3) is 5.69 Å². The van der Waals surface area contributed by atoms with Gasteiger partial charge in [-0.15, -0.1) is 0 Å². The molecule has 0 heterocycles. The molecule has 0 saturated carbocycles. The number of hydrogen-bond acceptors (Lipinski definition) is 4. The van der Waals surface area contributed by atoms with Crippen LogP contribution in [0, 0.1) is 20.2 Å². The lowest BCUT2D eigenvalue weighted by molar-refractivity contribution is -0.496. The molecule has 0 spiro atoms. The Labute approximate surface area is 110 Å². The van der Waals surface area contributed by atoms with Crippen molar-refractivity contribution >= 4 is 11.4 Å². The van der Waals surface area contributed by atoms with Crippen molar-refractivity contribution in [1.82, 2.24) is 0 Å². The molecular weight excluding hydrogens is 283 g/mol. The maximum Gasteiger partial charge on any atom is 0.416 e. The molecule has 20 heavy (non-hydrogen) atoms. The van der Waals surface area contributed by atoms with Gasteiger partial charge in [-0.1, -0.05) is 11.9 Å². The molecule has 0 bridgehead atoms. The molecule has 0 radical (unpaired) electrons. The number of nitro groups is 2. The van der Waals surface area contributed by atoms with Crippen LogP contribution >= 0.6 is 0 Å². The third kappa shape index (κ3) is 3.33. The minimum absolute atomic E-state index is 0.154. The standard InChI is InChI=1S/C10H10F3N3O4/c1-2-5-14(16(19)20)8-4-3-7(10(11,12)13)6-9(8)15(17)18/h3-4,6H,2,5H2,1H3. The van der Waals surface area contributed by atoms with Crippen molar-refractivity contribution < 1.29 is 23.1 Å². The molecule has 0 N–H and O–H groups in total. The first kappa shape index (κ1) is 15.7. The molecule has 0 aliphatic heterocycles. The highest BCUT2D eigenvalue weighted by molar-refractivity contribution is 5.63. The van der Waals surface area contributed by atoms with Gasteiger partial charge in [0.2, 0.25) is 0 Å². The normalized spacial score (nSPS) is 11.2. The van der Waals surface area contributed by atoms with E-state index in [0.29, 0.717) is 23.6 Å². The lowest BCUT2D eigenvalue weighted by Crippen LogP contribution is -2.31. The highest BCUT2D eigenvalue weighted by Gasteiger charge is 2.35. The Balaban J connectivity index is 3.39. The van der Waals surface area contributed by atoms with Crippen molar-refractivity contribution in [2.24, 2.45) is 0 Å². The van der Waals surface area contributed by atoms with Gasteiger partial charge in [-0.2, -0.15) is 13.2 Å². The average Bonchev–Trinajstić information content (AvgIpc) is 2.33. The largest absolute Gasteiger partial charge is 0.416 e. The number of alkyl halides is 3. The first-order chi connectivity index (χ1) is 9.18. The molecule has 7 nitrogen and oxygen atoms in total. The number of rotatable bonds is 5. The second kappa shape index (κ2) is 5.72. The summed E-state index contributed by atoms with van der Waals surface area (Å²) >= 11 is 0. The second-order valence-electron chi connectivity index (χ2n) is 3.82. The molecule has 1 rings (SSSR count). The molecule has 1 aromatic carbocycles. The molecule has 0 aliphatic rings. The molecular formula is C10H10F3N3O4. The molecule has 0 saturated heterocycles. The van der Waals surface area contributed by atoms with Crippen LogP contribution in [0.1, 0.15) is 18.9 Å². The van der Waals surface area contributed by atoms with Gasteiger partial charge in [-0.3, -0.25) is 10.1 Å². The van der Waals surface area contributed by atoms with Crippen LogP contribution in [0.2, 0.25) is 0 Å². The van der Waals surface area contributed by atoms with E-state index in [9.17, 15) is 33.4 Å². The van der Waals surface area contributed by atoms with Gasteiger partial charge in [0.05, 0.1) is 17.0 Å². The topological polar surface area (TPSA) is 89.5 Å². The van der Waals surface area contributed by atoms with E-state index in [1.54, 1.807) is 6.92 Å². The number of nitrogens with zero attached hydrogens (tertiary/aromatic N) is 3. The maximum absolute atomic E-state index is 12.5. The summed E-state index contributed by atoms with van der Waals surface area (Å²) in [7, 11) is 0. The van der Waals surface area contributed by atoms with E-state index in [1.807, 2.05) is 0 Å². The summed E-state index contributed by atoms with van der Waals surface area (Å²) in [6.07, 6.45) is -4.45. The summed E-state index contributed by atoms with van der Waals surface area (Å²) in [5, 5.41) is 21.2. The molecule has 0 unspecified atom stereocenters. The Kier molecular flexibility index (Phi) is 4.48. The van der Waals surface area contributed by atoms with Crippen molar-refractivity contribution in [2.45, 2.75) is 19.5 Å². The van der Waals surface area contributed by atoms with Gasteiger partial charge in [-0.05, 0) is 18.6 Å². The zero-order chi connectivity index (χ0) is 15.5. The van der Waals surface area contributed by atoms with Crippen LogP contribution in [-0.2, 0) is 6.18 Å². The fourth-order valence-electron chi connectivity index (χ4n) is 1.57. The van der Waals surface area contributed by atoms with Gasteiger partial charge in [0.1, 0.15) is 0 Å². The smallest absolute Gasteiger partial charge is 0.258 e. The Bertz CT molecular complexity index is 533. The minimum atomic E-state index is -4.76. The molecule has 10 heteroatoms. The zero-order valence-electron chi connectivity index (χ0n) is 10.3. The van der Waals surface area contributed by atoms with Crippen molar-refractivity contribution in [3.63, 3.8) is 0 Å². The highest BCUT2D eigenvalue weighted by atomic mass is 19.4. The van der Waals surface area contributed by atoms with Crippen molar-refractivity contribution in [2.75, 3.05) is 11.6 Å². The number of hydrogen-bond donors (Lipinski definition) is 0. The summed E-state index contributed by atoms with van der Waals surface area (Å²) < 4.78 is 37.5. The SMILES string of the molecule is CCCN(c1ccc(C(F)(F)F)cc1[N+](=O)[O-])[N+](=O)[O-]. The Morgan fingerprint density at radius 3 is 2.25 bits per heavy atom. The van der Waals surface area contributed by atoms with Crippen molar-refractivity contribution in [3.05, 3.63) is 44.0 Å². The van der Waals surface area contributed by atoms with Gasteiger partial charge in [-0.25, -0.2) is 10.1 Å². The van der Waals surface area contributed by atoms with Crippen molar-refractivity contribution in [3.8, 4) is 0 Å². The predicted molar refractivity (Wildman–Crippen MR) is 62.7 cm³/mol. The number of nitro benzene ring substituents is 1.